The van der Waals surface area contributed by atoms with Crippen LogP contribution in [0.4, 0.5) is 11.4 Å². The summed E-state index contributed by atoms with van der Waals surface area (Å²) in [6, 6.07) is 23.2. The number of anilines is 1. The number of nitro groups is 1. The number of aromatic amines is 1. The van der Waals surface area contributed by atoms with Gasteiger partial charge in [0.15, 0.2) is 0 Å². The summed E-state index contributed by atoms with van der Waals surface area (Å²) in [6.45, 7) is 4.19. The normalized spacial score (nSPS) is 19.3. The molecule has 1 aliphatic heterocycles. The molecular weight excluding hydrogens is 474 g/mol. The van der Waals surface area contributed by atoms with E-state index in [0.717, 1.165) is 5.69 Å². The molecule has 0 saturated heterocycles. The average molecular weight is 496 g/mol. The molecule has 31 heavy (non-hydrogen) atoms. The van der Waals surface area contributed by atoms with Gasteiger partial charge in [-0.3, -0.25) is 10.1 Å². The number of nitro benzene ring substituents is 1. The molecule has 158 valence electrons. The Bertz CT molecular complexity index is 1240. The zero-order valence-electron chi connectivity index (χ0n) is 17.1. The average Bonchev–Trinajstić information content (AvgIpc) is 3.26. The Morgan fingerprint density at radius 1 is 1.03 bits per heavy atom. The number of aromatic nitrogens is 1. The molecule has 4 aromatic rings. The Morgan fingerprint density at radius 2 is 1.71 bits per heavy atom. The summed E-state index contributed by atoms with van der Waals surface area (Å²) >= 11 is 5.24. The van der Waals surface area contributed by atoms with Gasteiger partial charge < -0.3 is 10.3 Å². The Balaban J connectivity index is 0.000000192. The third kappa shape index (κ3) is 4.34. The predicted octanol–water partition coefficient (Wildman–Crippen LogP) is 7.23. The fourth-order valence-corrected chi connectivity index (χ4v) is 5.59. The molecule has 0 radical (unpaired) electrons. The summed E-state index contributed by atoms with van der Waals surface area (Å²) in [7, 11) is 0. The van der Waals surface area contributed by atoms with Gasteiger partial charge in [-0.15, -0.1) is 0 Å². The van der Waals surface area contributed by atoms with E-state index < -0.39 is 0 Å². The van der Waals surface area contributed by atoms with E-state index in [1.807, 2.05) is 36.5 Å². The number of halogens is 1. The van der Waals surface area contributed by atoms with Crippen molar-refractivity contribution in [3.05, 3.63) is 100 Å². The van der Waals surface area contributed by atoms with Gasteiger partial charge in [0.1, 0.15) is 0 Å². The van der Waals surface area contributed by atoms with Gasteiger partial charge in [0.05, 0.1) is 19.5 Å². The molecule has 2 atom stereocenters. The number of nitrogens with zero attached hydrogens (tertiary/aromatic N) is 1. The first-order chi connectivity index (χ1) is 14.9. The third-order valence-corrected chi connectivity index (χ3v) is 7.95. The fourth-order valence-electron chi connectivity index (χ4n) is 3.64. The second kappa shape index (κ2) is 8.77. The highest BCUT2D eigenvalue weighted by Crippen LogP contribution is 2.51. The minimum Gasteiger partial charge on any atom is -0.371 e. The van der Waals surface area contributed by atoms with Crippen molar-refractivity contribution in [2.75, 3.05) is 5.32 Å². The Morgan fingerprint density at radius 3 is 2.45 bits per heavy atom. The first-order valence-corrected chi connectivity index (χ1v) is 11.5. The molecule has 0 amide bonds. The maximum Gasteiger partial charge on any atom is 0.282 e. The topological polar surface area (TPSA) is 71.0 Å². The molecule has 0 fully saturated rings. The van der Waals surface area contributed by atoms with Gasteiger partial charge in [0.2, 0.25) is 0 Å². The quantitative estimate of drug-likeness (QED) is 0.178. The van der Waals surface area contributed by atoms with Gasteiger partial charge in [-0.25, -0.2) is 0 Å². The van der Waals surface area contributed by atoms with Crippen molar-refractivity contribution in [2.45, 2.75) is 28.4 Å². The first kappa shape index (κ1) is 21.5. The van der Waals surface area contributed by atoms with Crippen LogP contribution in [0.2, 0.25) is 0 Å². The fraction of sp³-hybridized carbons (Fsp3) is 0.167. The standard InChI is InChI=1S/C15H13BrN2O2S.C9H9N/c1-15(16)10-6-2-3-7-11(10)17-14(15)21-13-9-5-4-8-12(13)18(19)20;1-7-6-10-9-5-3-2-4-8(7)9/h2-9,14,17H,1H3;2-6,10H,1H3. The van der Waals surface area contributed by atoms with E-state index in [1.165, 1.54) is 39.9 Å². The maximum absolute atomic E-state index is 11.1. The van der Waals surface area contributed by atoms with Crippen LogP contribution in [0.25, 0.3) is 10.9 Å². The van der Waals surface area contributed by atoms with Crippen LogP contribution in [0.3, 0.4) is 0 Å². The zero-order chi connectivity index (χ0) is 22.0. The van der Waals surface area contributed by atoms with E-state index >= 15 is 0 Å². The van der Waals surface area contributed by atoms with Crippen LogP contribution in [-0.2, 0) is 4.32 Å². The highest BCUT2D eigenvalue weighted by atomic mass is 79.9. The number of hydrogen-bond donors (Lipinski definition) is 2. The summed E-state index contributed by atoms with van der Waals surface area (Å²) in [5, 5.41) is 15.9. The Hall–Kier alpha value is -2.77. The molecule has 1 aromatic heterocycles. The van der Waals surface area contributed by atoms with Crippen molar-refractivity contribution >= 4 is 50.0 Å². The third-order valence-electron chi connectivity index (χ3n) is 5.34. The monoisotopic (exact) mass is 495 g/mol. The molecule has 5 nitrogen and oxygen atoms in total. The van der Waals surface area contributed by atoms with E-state index in [2.05, 4.69) is 64.3 Å². The van der Waals surface area contributed by atoms with Gasteiger partial charge in [-0.1, -0.05) is 76.2 Å². The highest BCUT2D eigenvalue weighted by Gasteiger charge is 2.42. The molecular formula is C24H22BrN3O2S. The molecule has 5 rings (SSSR count). The van der Waals surface area contributed by atoms with Gasteiger partial charge in [-0.2, -0.15) is 0 Å². The van der Waals surface area contributed by atoms with Crippen molar-refractivity contribution in [3.8, 4) is 0 Å². The van der Waals surface area contributed by atoms with Crippen LogP contribution >= 0.6 is 27.7 Å². The van der Waals surface area contributed by atoms with Gasteiger partial charge in [0, 0.05) is 28.9 Å². The lowest BCUT2D eigenvalue weighted by Crippen LogP contribution is -2.27. The number of alkyl halides is 1. The van der Waals surface area contributed by atoms with Crippen molar-refractivity contribution in [1.29, 1.82) is 0 Å². The van der Waals surface area contributed by atoms with Crippen LogP contribution in [0.5, 0.6) is 0 Å². The number of nitrogens with one attached hydrogen (secondary N) is 2. The minimum atomic E-state index is -0.337. The molecule has 7 heteroatoms. The first-order valence-electron chi connectivity index (χ1n) is 9.85. The number of para-hydroxylation sites is 3. The summed E-state index contributed by atoms with van der Waals surface area (Å²) < 4.78 is -0.280. The highest BCUT2D eigenvalue weighted by molar-refractivity contribution is 9.09. The number of fused-ring (bicyclic) bond motifs is 2. The number of aryl methyl sites for hydroxylation is 1. The molecule has 0 saturated carbocycles. The van der Waals surface area contributed by atoms with Crippen LogP contribution in [0.1, 0.15) is 18.1 Å². The van der Waals surface area contributed by atoms with Gasteiger partial charge in [-0.05, 0) is 43.2 Å². The molecule has 3 aromatic carbocycles. The second-order valence-electron chi connectivity index (χ2n) is 7.51. The number of benzene rings is 3. The molecule has 0 spiro atoms. The van der Waals surface area contributed by atoms with Crippen molar-refractivity contribution in [3.63, 3.8) is 0 Å². The van der Waals surface area contributed by atoms with Crippen LogP contribution < -0.4 is 5.32 Å². The van der Waals surface area contributed by atoms with Crippen LogP contribution in [0.15, 0.2) is 83.9 Å². The number of hydrogen-bond acceptors (Lipinski definition) is 4. The summed E-state index contributed by atoms with van der Waals surface area (Å²) in [6.07, 6.45) is 2.03. The van der Waals surface area contributed by atoms with Crippen LogP contribution in [0, 0.1) is 17.0 Å². The van der Waals surface area contributed by atoms with E-state index in [9.17, 15) is 10.1 Å². The lowest BCUT2D eigenvalue weighted by Gasteiger charge is -2.25. The Labute approximate surface area is 193 Å². The van der Waals surface area contributed by atoms with Crippen LogP contribution in [-0.4, -0.2) is 15.3 Å². The summed E-state index contributed by atoms with van der Waals surface area (Å²) in [5.41, 5.74) is 4.91. The number of thioether (sulfide) groups is 1. The predicted molar refractivity (Wildman–Crippen MR) is 132 cm³/mol. The lowest BCUT2D eigenvalue weighted by molar-refractivity contribution is -0.387. The van der Waals surface area contributed by atoms with Gasteiger partial charge in [0.25, 0.3) is 5.69 Å². The zero-order valence-corrected chi connectivity index (χ0v) is 19.5. The molecule has 2 unspecified atom stereocenters. The van der Waals surface area contributed by atoms with E-state index in [-0.39, 0.29) is 20.3 Å². The second-order valence-corrected chi connectivity index (χ2v) is 10.3. The minimum absolute atomic E-state index is 0.0176. The van der Waals surface area contributed by atoms with Crippen molar-refractivity contribution in [2.24, 2.45) is 0 Å². The Kier molecular flexibility index (Phi) is 6.07. The largest absolute Gasteiger partial charge is 0.371 e. The van der Waals surface area contributed by atoms with Crippen molar-refractivity contribution in [1.82, 2.24) is 4.98 Å². The van der Waals surface area contributed by atoms with Gasteiger partial charge >= 0.3 is 0 Å². The summed E-state index contributed by atoms with van der Waals surface area (Å²) in [4.78, 5) is 14.7. The number of H-pyrrole nitrogens is 1. The smallest absolute Gasteiger partial charge is 0.282 e. The molecule has 0 bridgehead atoms. The lowest BCUT2D eigenvalue weighted by atomic mass is 10.0. The number of rotatable bonds is 3. The SMILES string of the molecule is CC1(Br)c2ccccc2NC1Sc1ccccc1[N+](=O)[O-].Cc1c[nH]c2ccccc12. The molecule has 2 N–H and O–H groups in total. The summed E-state index contributed by atoms with van der Waals surface area (Å²) in [5.74, 6) is 0. The maximum atomic E-state index is 11.1. The molecule has 1 aliphatic rings. The van der Waals surface area contributed by atoms with E-state index in [4.69, 9.17) is 0 Å². The molecule has 2 heterocycles. The van der Waals surface area contributed by atoms with E-state index in [0.29, 0.717) is 4.90 Å². The van der Waals surface area contributed by atoms with E-state index in [1.54, 1.807) is 12.1 Å². The molecule has 0 aliphatic carbocycles. The van der Waals surface area contributed by atoms with Crippen molar-refractivity contribution < 1.29 is 4.92 Å².